The van der Waals surface area contributed by atoms with Gasteiger partial charge in [0.15, 0.2) is 5.69 Å². The smallest absolute Gasteiger partial charge is 0.163 e. The first-order valence-electron chi connectivity index (χ1n) is 2.33. The number of aryl methyl sites for hydroxylation is 1. The van der Waals surface area contributed by atoms with Gasteiger partial charge < -0.3 is 0 Å². The number of nitrogens with zero attached hydrogens (tertiary/aromatic N) is 3. The van der Waals surface area contributed by atoms with Crippen LogP contribution in [0.1, 0.15) is 5.69 Å². The van der Waals surface area contributed by atoms with Gasteiger partial charge in [0.1, 0.15) is 10.7 Å². The van der Waals surface area contributed by atoms with E-state index in [0.717, 1.165) is 4.60 Å². The first kappa shape index (κ1) is 6.30. The molecule has 0 saturated carbocycles. The number of rotatable bonds is 0. The third kappa shape index (κ3) is 1.11. The van der Waals surface area contributed by atoms with Crippen LogP contribution in [0.2, 0.25) is 0 Å². The Kier molecular flexibility index (Phi) is 1.54. The van der Waals surface area contributed by atoms with E-state index in [9.17, 15) is 0 Å². The molecule has 0 atom stereocenters. The molecule has 1 rings (SSSR count). The van der Waals surface area contributed by atoms with Crippen LogP contribution in [0.15, 0.2) is 10.7 Å². The molecular formula is C5H4BrN3. The molecule has 0 saturated heterocycles. The predicted molar refractivity (Wildman–Crippen MR) is 35.6 cm³/mol. The van der Waals surface area contributed by atoms with Crippen molar-refractivity contribution in [2.75, 3.05) is 0 Å². The van der Waals surface area contributed by atoms with Crippen molar-refractivity contribution in [1.29, 1.82) is 5.26 Å². The summed E-state index contributed by atoms with van der Waals surface area (Å²) in [5.41, 5.74) is 0.435. The van der Waals surface area contributed by atoms with Crippen LogP contribution < -0.4 is 0 Å². The van der Waals surface area contributed by atoms with Gasteiger partial charge in [-0.1, -0.05) is 0 Å². The average molecular weight is 186 g/mol. The fourth-order valence-electron chi connectivity index (χ4n) is 0.499. The maximum absolute atomic E-state index is 8.33. The Morgan fingerprint density at radius 1 is 1.89 bits per heavy atom. The Bertz CT molecular complexity index is 238. The van der Waals surface area contributed by atoms with Crippen LogP contribution in [0.25, 0.3) is 0 Å². The molecule has 0 N–H and O–H groups in total. The van der Waals surface area contributed by atoms with Gasteiger partial charge in [-0.2, -0.15) is 10.4 Å². The van der Waals surface area contributed by atoms with Crippen molar-refractivity contribution >= 4 is 15.9 Å². The summed E-state index contributed by atoms with van der Waals surface area (Å²) in [7, 11) is 1.77. The van der Waals surface area contributed by atoms with E-state index in [4.69, 9.17) is 5.26 Å². The third-order valence-corrected chi connectivity index (χ3v) is 1.68. The topological polar surface area (TPSA) is 41.6 Å². The van der Waals surface area contributed by atoms with E-state index in [1.165, 1.54) is 0 Å². The minimum atomic E-state index is 0.435. The summed E-state index contributed by atoms with van der Waals surface area (Å²) in [5, 5.41) is 12.2. The normalized spacial score (nSPS) is 9.00. The maximum atomic E-state index is 8.33. The second-order valence-corrected chi connectivity index (χ2v) is 2.40. The van der Waals surface area contributed by atoms with Crippen molar-refractivity contribution in [3.63, 3.8) is 0 Å². The molecule has 0 spiro atoms. The summed E-state index contributed by atoms with van der Waals surface area (Å²) >= 11 is 3.21. The third-order valence-electron chi connectivity index (χ3n) is 0.937. The molecule has 1 aromatic heterocycles. The molecular weight excluding hydrogens is 182 g/mol. The molecule has 0 amide bonds. The quantitative estimate of drug-likeness (QED) is 0.607. The molecule has 46 valence electrons. The SMILES string of the molecule is Cn1nc(C#N)cc1Br. The highest BCUT2D eigenvalue weighted by Gasteiger charge is 1.97. The van der Waals surface area contributed by atoms with E-state index in [1.807, 2.05) is 6.07 Å². The van der Waals surface area contributed by atoms with E-state index in [2.05, 4.69) is 21.0 Å². The number of halogens is 1. The lowest BCUT2D eigenvalue weighted by Crippen LogP contribution is -1.89. The molecule has 0 radical (unpaired) electrons. The van der Waals surface area contributed by atoms with Crippen molar-refractivity contribution in [3.8, 4) is 6.07 Å². The molecule has 0 bridgehead atoms. The highest BCUT2D eigenvalue weighted by Crippen LogP contribution is 2.08. The monoisotopic (exact) mass is 185 g/mol. The molecule has 0 fully saturated rings. The first-order valence-corrected chi connectivity index (χ1v) is 3.13. The Morgan fingerprint density at radius 2 is 2.56 bits per heavy atom. The van der Waals surface area contributed by atoms with Crippen LogP contribution in [-0.2, 0) is 7.05 Å². The molecule has 4 heteroatoms. The van der Waals surface area contributed by atoms with E-state index in [0.29, 0.717) is 5.69 Å². The lowest BCUT2D eigenvalue weighted by Gasteiger charge is -1.85. The van der Waals surface area contributed by atoms with Gasteiger partial charge in [0, 0.05) is 13.1 Å². The van der Waals surface area contributed by atoms with Crippen LogP contribution in [0, 0.1) is 11.3 Å². The highest BCUT2D eigenvalue weighted by atomic mass is 79.9. The molecule has 0 unspecified atom stereocenters. The van der Waals surface area contributed by atoms with Gasteiger partial charge in [-0.25, -0.2) is 0 Å². The van der Waals surface area contributed by atoms with Crippen molar-refractivity contribution in [1.82, 2.24) is 9.78 Å². The van der Waals surface area contributed by atoms with E-state index in [-0.39, 0.29) is 0 Å². The minimum Gasteiger partial charge on any atom is -0.260 e. The zero-order valence-corrected chi connectivity index (χ0v) is 6.38. The average Bonchev–Trinajstić information content (AvgIpc) is 2.13. The van der Waals surface area contributed by atoms with Crippen molar-refractivity contribution in [2.45, 2.75) is 0 Å². The second kappa shape index (κ2) is 2.19. The summed E-state index contributed by atoms with van der Waals surface area (Å²) in [4.78, 5) is 0. The Hall–Kier alpha value is -0.820. The Labute approximate surface area is 61.0 Å². The van der Waals surface area contributed by atoms with E-state index >= 15 is 0 Å². The van der Waals surface area contributed by atoms with Gasteiger partial charge >= 0.3 is 0 Å². The molecule has 0 aliphatic heterocycles. The van der Waals surface area contributed by atoms with Crippen molar-refractivity contribution in [3.05, 3.63) is 16.4 Å². The standard InChI is InChI=1S/C5H4BrN3/c1-9-5(6)2-4(3-7)8-9/h2H,1H3. The first-order chi connectivity index (χ1) is 4.24. The zero-order valence-electron chi connectivity index (χ0n) is 4.80. The van der Waals surface area contributed by atoms with E-state index < -0.39 is 0 Å². The lowest BCUT2D eigenvalue weighted by molar-refractivity contribution is 0.745. The van der Waals surface area contributed by atoms with Gasteiger partial charge in [-0.05, 0) is 15.9 Å². The molecule has 1 heterocycles. The van der Waals surface area contributed by atoms with Crippen molar-refractivity contribution in [2.24, 2.45) is 7.05 Å². The number of aromatic nitrogens is 2. The fourth-order valence-corrected chi connectivity index (χ4v) is 0.795. The minimum absolute atomic E-state index is 0.435. The van der Waals surface area contributed by atoms with Gasteiger partial charge in [0.25, 0.3) is 0 Å². The fraction of sp³-hybridized carbons (Fsp3) is 0.200. The van der Waals surface area contributed by atoms with Gasteiger partial charge in [-0.3, -0.25) is 4.68 Å². The summed E-state index contributed by atoms with van der Waals surface area (Å²) in [5.74, 6) is 0. The van der Waals surface area contributed by atoms with E-state index in [1.54, 1.807) is 17.8 Å². The van der Waals surface area contributed by atoms with Gasteiger partial charge in [0.2, 0.25) is 0 Å². The summed E-state index contributed by atoms with van der Waals surface area (Å²) < 4.78 is 2.41. The van der Waals surface area contributed by atoms with Gasteiger partial charge in [0.05, 0.1) is 0 Å². The molecule has 0 aliphatic rings. The zero-order chi connectivity index (χ0) is 6.85. The number of nitriles is 1. The maximum Gasteiger partial charge on any atom is 0.163 e. The largest absolute Gasteiger partial charge is 0.260 e. The molecule has 9 heavy (non-hydrogen) atoms. The number of hydrogen-bond donors (Lipinski definition) is 0. The highest BCUT2D eigenvalue weighted by molar-refractivity contribution is 9.10. The summed E-state index contributed by atoms with van der Waals surface area (Å²) in [6, 6.07) is 3.59. The van der Waals surface area contributed by atoms with Crippen molar-refractivity contribution < 1.29 is 0 Å². The Balaban J connectivity index is 3.16. The van der Waals surface area contributed by atoms with Gasteiger partial charge in [-0.15, -0.1) is 0 Å². The van der Waals surface area contributed by atoms with Crippen LogP contribution in [0.3, 0.4) is 0 Å². The van der Waals surface area contributed by atoms with Crippen LogP contribution in [-0.4, -0.2) is 9.78 Å². The van der Waals surface area contributed by atoms with Crippen LogP contribution in [0.4, 0.5) is 0 Å². The summed E-state index contributed by atoms with van der Waals surface area (Å²) in [6.07, 6.45) is 0. The van der Waals surface area contributed by atoms with Crippen LogP contribution >= 0.6 is 15.9 Å². The van der Waals surface area contributed by atoms with Crippen LogP contribution in [0.5, 0.6) is 0 Å². The Morgan fingerprint density at radius 3 is 2.78 bits per heavy atom. The second-order valence-electron chi connectivity index (χ2n) is 1.59. The summed E-state index contributed by atoms with van der Waals surface area (Å²) in [6.45, 7) is 0. The predicted octanol–water partition coefficient (Wildman–Crippen LogP) is 1.05. The molecule has 3 nitrogen and oxygen atoms in total. The molecule has 1 aromatic rings. The number of hydrogen-bond acceptors (Lipinski definition) is 2. The molecule has 0 aromatic carbocycles. The molecule has 0 aliphatic carbocycles. The lowest BCUT2D eigenvalue weighted by atomic mass is 10.5.